The van der Waals surface area contributed by atoms with Gasteiger partial charge in [-0.3, -0.25) is 14.3 Å². The Labute approximate surface area is 74.9 Å². The number of likely N-dealkylation sites (N-methyl/N-ethyl adjacent to an activating group) is 1. The largest absolute Gasteiger partial charge is 0.351 e. The molecule has 0 saturated carbocycles. The molecule has 0 aliphatic carbocycles. The standard InChI is InChI=1S/C7H10N4O2/c1-8-6(12)7(13)10-5-3-4-9-11(5)2/h3-4H,1-2H3,(H,8,12)(H,10,13). The molecule has 1 aromatic rings. The molecule has 1 heterocycles. The smallest absolute Gasteiger partial charge is 0.314 e. The lowest BCUT2D eigenvalue weighted by atomic mass is 10.5. The highest BCUT2D eigenvalue weighted by molar-refractivity contribution is 6.39. The van der Waals surface area contributed by atoms with Crippen LogP contribution < -0.4 is 10.6 Å². The number of carbonyl (C=O) groups is 2. The highest BCUT2D eigenvalue weighted by atomic mass is 16.2. The second-order valence-electron chi connectivity index (χ2n) is 2.37. The minimum absolute atomic E-state index is 0.480. The van der Waals surface area contributed by atoms with Crippen LogP contribution in [0.1, 0.15) is 0 Å². The number of nitrogens with one attached hydrogen (secondary N) is 2. The van der Waals surface area contributed by atoms with Gasteiger partial charge in [0.2, 0.25) is 0 Å². The van der Waals surface area contributed by atoms with E-state index in [4.69, 9.17) is 0 Å². The molecule has 0 saturated heterocycles. The predicted molar refractivity (Wildman–Crippen MR) is 45.9 cm³/mol. The van der Waals surface area contributed by atoms with Gasteiger partial charge in [-0.15, -0.1) is 0 Å². The minimum Gasteiger partial charge on any atom is -0.351 e. The maximum atomic E-state index is 11.0. The summed E-state index contributed by atoms with van der Waals surface area (Å²) in [6, 6.07) is 1.60. The molecule has 0 fully saturated rings. The minimum atomic E-state index is -0.703. The van der Waals surface area contributed by atoms with Gasteiger partial charge in [0.15, 0.2) is 0 Å². The Morgan fingerprint density at radius 1 is 1.46 bits per heavy atom. The summed E-state index contributed by atoms with van der Waals surface area (Å²) in [7, 11) is 3.06. The first-order valence-electron chi connectivity index (χ1n) is 3.66. The van der Waals surface area contributed by atoms with Crippen molar-refractivity contribution in [2.24, 2.45) is 7.05 Å². The highest BCUT2D eigenvalue weighted by Crippen LogP contribution is 2.02. The summed E-state index contributed by atoms with van der Waals surface area (Å²) in [5, 5.41) is 8.43. The molecule has 6 heteroatoms. The van der Waals surface area contributed by atoms with E-state index >= 15 is 0 Å². The molecule has 0 aromatic carbocycles. The van der Waals surface area contributed by atoms with Crippen molar-refractivity contribution in [3.05, 3.63) is 12.3 Å². The van der Waals surface area contributed by atoms with Crippen molar-refractivity contribution in [3.8, 4) is 0 Å². The monoisotopic (exact) mass is 182 g/mol. The van der Waals surface area contributed by atoms with Gasteiger partial charge >= 0.3 is 11.8 Å². The molecule has 0 aliphatic rings. The third-order valence-corrected chi connectivity index (χ3v) is 1.50. The second kappa shape index (κ2) is 3.70. The molecule has 13 heavy (non-hydrogen) atoms. The zero-order valence-corrected chi connectivity index (χ0v) is 7.37. The van der Waals surface area contributed by atoms with Crippen LogP contribution in [-0.2, 0) is 16.6 Å². The molecule has 0 bridgehead atoms. The van der Waals surface area contributed by atoms with E-state index in [0.29, 0.717) is 5.82 Å². The number of aromatic nitrogens is 2. The number of amides is 2. The third-order valence-electron chi connectivity index (χ3n) is 1.50. The van der Waals surface area contributed by atoms with Gasteiger partial charge in [-0.2, -0.15) is 5.10 Å². The van der Waals surface area contributed by atoms with Gasteiger partial charge in [-0.05, 0) is 0 Å². The summed E-state index contributed by atoms with van der Waals surface area (Å²) in [5.74, 6) is -0.902. The normalized spacial score (nSPS) is 9.38. The van der Waals surface area contributed by atoms with Crippen molar-refractivity contribution >= 4 is 17.6 Å². The van der Waals surface area contributed by atoms with Crippen molar-refractivity contribution in [1.82, 2.24) is 15.1 Å². The highest BCUT2D eigenvalue weighted by Gasteiger charge is 2.12. The van der Waals surface area contributed by atoms with Crippen molar-refractivity contribution < 1.29 is 9.59 Å². The Morgan fingerprint density at radius 2 is 2.15 bits per heavy atom. The fourth-order valence-corrected chi connectivity index (χ4v) is 0.783. The fraction of sp³-hybridized carbons (Fsp3) is 0.286. The first-order chi connectivity index (χ1) is 6.15. The Bertz CT molecular complexity index is 331. The van der Waals surface area contributed by atoms with Gasteiger partial charge in [0.05, 0.1) is 6.20 Å². The number of nitrogens with zero attached hydrogens (tertiary/aromatic N) is 2. The molecule has 0 unspecified atom stereocenters. The molecule has 6 nitrogen and oxygen atoms in total. The summed E-state index contributed by atoms with van der Waals surface area (Å²) in [4.78, 5) is 21.8. The maximum Gasteiger partial charge on any atom is 0.314 e. The summed E-state index contributed by atoms with van der Waals surface area (Å²) in [5.41, 5.74) is 0. The molecule has 0 spiro atoms. The average molecular weight is 182 g/mol. The van der Waals surface area contributed by atoms with E-state index in [1.807, 2.05) is 0 Å². The van der Waals surface area contributed by atoms with Crippen LogP contribution in [0.3, 0.4) is 0 Å². The second-order valence-corrected chi connectivity index (χ2v) is 2.37. The van der Waals surface area contributed by atoms with Crippen LogP contribution in [0.2, 0.25) is 0 Å². The molecule has 1 rings (SSSR count). The number of aryl methyl sites for hydroxylation is 1. The van der Waals surface area contributed by atoms with E-state index < -0.39 is 11.8 Å². The van der Waals surface area contributed by atoms with Gasteiger partial charge in [0.1, 0.15) is 5.82 Å². The predicted octanol–water partition coefficient (Wildman–Crippen LogP) is -0.895. The molecule has 0 radical (unpaired) electrons. The van der Waals surface area contributed by atoms with E-state index in [0.717, 1.165) is 0 Å². The van der Waals surface area contributed by atoms with Crippen molar-refractivity contribution in [2.45, 2.75) is 0 Å². The first-order valence-corrected chi connectivity index (χ1v) is 3.66. The van der Waals surface area contributed by atoms with Crippen LogP contribution in [-0.4, -0.2) is 28.6 Å². The van der Waals surface area contributed by atoms with Crippen LogP contribution in [0.25, 0.3) is 0 Å². The molecular formula is C7H10N4O2. The number of rotatable bonds is 1. The fourth-order valence-electron chi connectivity index (χ4n) is 0.783. The van der Waals surface area contributed by atoms with Gasteiger partial charge in [0.25, 0.3) is 0 Å². The van der Waals surface area contributed by atoms with Crippen LogP contribution in [0.4, 0.5) is 5.82 Å². The summed E-state index contributed by atoms with van der Waals surface area (Å²) in [6.45, 7) is 0. The lowest BCUT2D eigenvalue weighted by Gasteiger charge is -2.02. The number of anilines is 1. The zero-order valence-electron chi connectivity index (χ0n) is 7.37. The third kappa shape index (κ3) is 2.05. The molecular weight excluding hydrogens is 172 g/mol. The number of hydrogen-bond donors (Lipinski definition) is 2. The van der Waals surface area contributed by atoms with E-state index in [1.54, 1.807) is 13.1 Å². The Hall–Kier alpha value is -1.85. The molecule has 1 aromatic heterocycles. The van der Waals surface area contributed by atoms with Gasteiger partial charge in [-0.25, -0.2) is 0 Å². The van der Waals surface area contributed by atoms with E-state index in [2.05, 4.69) is 15.7 Å². The average Bonchev–Trinajstić information content (AvgIpc) is 2.50. The first kappa shape index (κ1) is 9.24. The zero-order chi connectivity index (χ0) is 9.84. The van der Waals surface area contributed by atoms with E-state index in [9.17, 15) is 9.59 Å². The number of carbonyl (C=O) groups excluding carboxylic acids is 2. The maximum absolute atomic E-state index is 11.0. The van der Waals surface area contributed by atoms with Gasteiger partial charge in [0, 0.05) is 20.2 Å². The lowest BCUT2D eigenvalue weighted by molar-refractivity contribution is -0.135. The van der Waals surface area contributed by atoms with Crippen molar-refractivity contribution in [3.63, 3.8) is 0 Å². The summed E-state index contributed by atoms with van der Waals surface area (Å²) in [6.07, 6.45) is 1.53. The molecule has 2 N–H and O–H groups in total. The topological polar surface area (TPSA) is 76.0 Å². The van der Waals surface area contributed by atoms with Gasteiger partial charge in [-0.1, -0.05) is 0 Å². The Kier molecular flexibility index (Phi) is 2.63. The van der Waals surface area contributed by atoms with E-state index in [1.165, 1.54) is 17.9 Å². The SMILES string of the molecule is CNC(=O)C(=O)Nc1ccnn1C. The van der Waals surface area contributed by atoms with Crippen LogP contribution >= 0.6 is 0 Å². The quantitative estimate of drug-likeness (QED) is 0.553. The van der Waals surface area contributed by atoms with E-state index in [-0.39, 0.29) is 0 Å². The van der Waals surface area contributed by atoms with Crippen molar-refractivity contribution in [1.29, 1.82) is 0 Å². The van der Waals surface area contributed by atoms with Crippen molar-refractivity contribution in [2.75, 3.05) is 12.4 Å². The Morgan fingerprint density at radius 3 is 2.62 bits per heavy atom. The number of hydrogen-bond acceptors (Lipinski definition) is 3. The van der Waals surface area contributed by atoms with Crippen LogP contribution in [0.15, 0.2) is 12.3 Å². The summed E-state index contributed by atoms with van der Waals surface area (Å²) >= 11 is 0. The molecule has 2 amide bonds. The van der Waals surface area contributed by atoms with Gasteiger partial charge < -0.3 is 10.6 Å². The molecule has 70 valence electrons. The lowest BCUT2D eigenvalue weighted by Crippen LogP contribution is -2.33. The Balaban J connectivity index is 2.65. The summed E-state index contributed by atoms with van der Waals surface area (Å²) < 4.78 is 1.46. The van der Waals surface area contributed by atoms with Crippen LogP contribution in [0.5, 0.6) is 0 Å². The molecule has 0 atom stereocenters. The molecule has 0 aliphatic heterocycles. The van der Waals surface area contributed by atoms with Crippen LogP contribution in [0, 0.1) is 0 Å².